The maximum Gasteiger partial charge on any atom is 0.415 e. The van der Waals surface area contributed by atoms with Crippen molar-refractivity contribution in [3.05, 3.63) is 41.6 Å². The lowest BCUT2D eigenvalue weighted by atomic mass is 9.79. The summed E-state index contributed by atoms with van der Waals surface area (Å²) < 4.78 is 40.8. The van der Waals surface area contributed by atoms with Crippen molar-refractivity contribution in [2.75, 3.05) is 12.4 Å². The Kier molecular flexibility index (Phi) is 7.16. The number of aliphatic imine (C=N–C) groups is 1. The van der Waals surface area contributed by atoms with Gasteiger partial charge in [0.05, 0.1) is 6.04 Å². The third-order valence-corrected chi connectivity index (χ3v) is 6.34. The van der Waals surface area contributed by atoms with Crippen LogP contribution in [0.15, 0.2) is 35.5 Å². The summed E-state index contributed by atoms with van der Waals surface area (Å²) in [5, 5.41) is 17.4. The number of primary amides is 1. The number of halogens is 3. The molecule has 33 heavy (non-hydrogen) atoms. The molecule has 1 amide bonds. The van der Waals surface area contributed by atoms with Crippen LogP contribution in [0.25, 0.3) is 0 Å². The summed E-state index contributed by atoms with van der Waals surface area (Å²) in [6.45, 7) is 2.67. The Morgan fingerprint density at radius 3 is 2.48 bits per heavy atom. The van der Waals surface area contributed by atoms with E-state index in [1.165, 1.54) is 26.0 Å². The van der Waals surface area contributed by atoms with Crippen molar-refractivity contribution in [1.82, 2.24) is 9.78 Å². The zero-order valence-corrected chi connectivity index (χ0v) is 18.9. The van der Waals surface area contributed by atoms with Gasteiger partial charge in [0.1, 0.15) is 5.56 Å². The molecule has 1 aliphatic rings. The Morgan fingerprint density at radius 2 is 1.91 bits per heavy atom. The molecule has 1 saturated carbocycles. The summed E-state index contributed by atoms with van der Waals surface area (Å²) >= 11 is 0. The van der Waals surface area contributed by atoms with Crippen molar-refractivity contribution in [3.8, 4) is 0 Å². The van der Waals surface area contributed by atoms with E-state index >= 15 is 0 Å². The van der Waals surface area contributed by atoms with Crippen molar-refractivity contribution in [2.24, 2.45) is 16.6 Å². The van der Waals surface area contributed by atoms with Gasteiger partial charge in [-0.2, -0.15) is 18.3 Å². The monoisotopic (exact) mass is 465 g/mol. The summed E-state index contributed by atoms with van der Waals surface area (Å²) in [7, 11) is 1.73. The highest BCUT2D eigenvalue weighted by Crippen LogP contribution is 2.37. The molecule has 10 heteroatoms. The fourth-order valence-corrected chi connectivity index (χ4v) is 4.35. The standard InChI is InChI=1S/C23H30F3N5O2/c1-22(2,21(33)23(24,25)26)15-8-10-16(11-9-15)29-20-17(19(27)32)13-31(30-20)18-7-5-4-6-14(18)12-28-3/h8-14,18,21,33H,4-7H2,1-3H3,(H2,27,32)(H,29,30)/t14-,18+,21-/m1/s1. The number of carbonyl (C=O) groups is 1. The van der Waals surface area contributed by atoms with E-state index in [2.05, 4.69) is 15.4 Å². The van der Waals surface area contributed by atoms with Gasteiger partial charge < -0.3 is 21.1 Å². The molecule has 1 fully saturated rings. The highest BCUT2D eigenvalue weighted by atomic mass is 19.4. The predicted molar refractivity (Wildman–Crippen MR) is 121 cm³/mol. The number of rotatable bonds is 7. The van der Waals surface area contributed by atoms with Crippen LogP contribution in [-0.4, -0.2) is 46.3 Å². The molecular formula is C23H30F3N5O2. The number of carbonyl (C=O) groups excluding carboxylic acids is 1. The topological polar surface area (TPSA) is 106 Å². The van der Waals surface area contributed by atoms with Crippen molar-refractivity contribution in [3.63, 3.8) is 0 Å². The molecule has 0 unspecified atom stereocenters. The quantitative estimate of drug-likeness (QED) is 0.529. The van der Waals surface area contributed by atoms with Crippen LogP contribution in [0.3, 0.4) is 0 Å². The van der Waals surface area contributed by atoms with Gasteiger partial charge in [-0.05, 0) is 30.5 Å². The van der Waals surface area contributed by atoms with Crippen LogP contribution in [0.2, 0.25) is 0 Å². The SMILES string of the molecule is CN=C[C@H]1CCCC[C@@H]1n1cc(C(N)=O)c(Nc2ccc(C(C)(C)[C@@H](O)C(F)(F)F)cc2)n1. The summed E-state index contributed by atoms with van der Waals surface area (Å²) in [6, 6.07) is 6.23. The van der Waals surface area contributed by atoms with E-state index < -0.39 is 23.6 Å². The van der Waals surface area contributed by atoms with Crippen molar-refractivity contribution in [1.29, 1.82) is 0 Å². The molecule has 0 radical (unpaired) electrons. The maximum absolute atomic E-state index is 13.0. The van der Waals surface area contributed by atoms with Crippen LogP contribution in [0.1, 0.15) is 61.5 Å². The molecular weight excluding hydrogens is 435 g/mol. The molecule has 2 aromatic rings. The van der Waals surface area contributed by atoms with Crippen LogP contribution in [0.4, 0.5) is 24.7 Å². The maximum atomic E-state index is 13.0. The van der Waals surface area contributed by atoms with E-state index in [0.29, 0.717) is 11.3 Å². The zero-order chi connectivity index (χ0) is 24.4. The number of aliphatic hydroxyl groups excluding tert-OH is 1. The average Bonchev–Trinajstić information content (AvgIpc) is 3.17. The summed E-state index contributed by atoms with van der Waals surface area (Å²) in [6.07, 6.45) is 0.354. The van der Waals surface area contributed by atoms with Gasteiger partial charge in [-0.1, -0.05) is 38.8 Å². The minimum Gasteiger partial charge on any atom is -0.383 e. The predicted octanol–water partition coefficient (Wildman–Crippen LogP) is 4.36. The van der Waals surface area contributed by atoms with Gasteiger partial charge in [0.25, 0.3) is 5.91 Å². The van der Waals surface area contributed by atoms with Crippen LogP contribution >= 0.6 is 0 Å². The molecule has 0 bridgehead atoms. The van der Waals surface area contributed by atoms with E-state index in [4.69, 9.17) is 5.73 Å². The molecule has 1 aliphatic carbocycles. The Balaban J connectivity index is 1.85. The van der Waals surface area contributed by atoms with E-state index in [0.717, 1.165) is 25.7 Å². The fraction of sp³-hybridized carbons (Fsp3) is 0.522. The molecule has 0 aliphatic heterocycles. The number of nitrogens with zero attached hydrogens (tertiary/aromatic N) is 3. The second-order valence-corrected chi connectivity index (χ2v) is 9.03. The van der Waals surface area contributed by atoms with Gasteiger partial charge >= 0.3 is 6.18 Å². The van der Waals surface area contributed by atoms with Crippen molar-refractivity contribution < 1.29 is 23.1 Å². The van der Waals surface area contributed by atoms with Crippen LogP contribution in [0.5, 0.6) is 0 Å². The second-order valence-electron chi connectivity index (χ2n) is 9.03. The summed E-state index contributed by atoms with van der Waals surface area (Å²) in [5.41, 5.74) is 5.11. The van der Waals surface area contributed by atoms with Crippen LogP contribution < -0.4 is 11.1 Å². The number of hydrogen-bond donors (Lipinski definition) is 3. The van der Waals surface area contributed by atoms with Gasteiger partial charge in [0.2, 0.25) is 0 Å². The molecule has 0 spiro atoms. The molecule has 1 heterocycles. The number of alkyl halides is 3. The number of nitrogens with one attached hydrogen (secondary N) is 1. The van der Waals surface area contributed by atoms with Gasteiger partial charge in [-0.15, -0.1) is 0 Å². The van der Waals surface area contributed by atoms with Gasteiger partial charge in [0, 0.05) is 36.5 Å². The number of aliphatic hydroxyl groups is 1. The van der Waals surface area contributed by atoms with E-state index in [1.54, 1.807) is 30.1 Å². The largest absolute Gasteiger partial charge is 0.415 e. The normalized spacial score (nSPS) is 20.7. The highest BCUT2D eigenvalue weighted by Gasteiger charge is 2.48. The number of amides is 1. The lowest BCUT2D eigenvalue weighted by Crippen LogP contribution is -2.44. The lowest BCUT2D eigenvalue weighted by molar-refractivity contribution is -0.221. The van der Waals surface area contributed by atoms with Gasteiger partial charge in [-0.3, -0.25) is 9.48 Å². The van der Waals surface area contributed by atoms with Gasteiger partial charge in [-0.25, -0.2) is 0 Å². The Labute approximate surface area is 190 Å². The molecule has 1 aromatic carbocycles. The van der Waals surface area contributed by atoms with E-state index in [1.807, 2.05) is 6.21 Å². The molecule has 4 N–H and O–H groups in total. The second kappa shape index (κ2) is 9.54. The van der Waals surface area contributed by atoms with Crippen LogP contribution in [-0.2, 0) is 5.41 Å². The third kappa shape index (κ3) is 5.38. The lowest BCUT2D eigenvalue weighted by Gasteiger charge is -2.32. The van der Waals surface area contributed by atoms with Gasteiger partial charge in [0.15, 0.2) is 11.9 Å². The number of anilines is 2. The van der Waals surface area contributed by atoms with E-state index in [9.17, 15) is 23.1 Å². The van der Waals surface area contributed by atoms with Crippen LogP contribution in [0, 0.1) is 5.92 Å². The minimum atomic E-state index is -4.73. The van der Waals surface area contributed by atoms with Crippen molar-refractivity contribution in [2.45, 2.75) is 63.3 Å². The first-order chi connectivity index (χ1) is 15.4. The Hall–Kier alpha value is -2.88. The zero-order valence-electron chi connectivity index (χ0n) is 18.9. The first kappa shape index (κ1) is 24.8. The summed E-state index contributed by atoms with van der Waals surface area (Å²) in [4.78, 5) is 16.2. The molecule has 1 aromatic heterocycles. The molecule has 3 atom stereocenters. The number of aromatic nitrogens is 2. The first-order valence-corrected chi connectivity index (χ1v) is 10.9. The Bertz CT molecular complexity index is 999. The molecule has 3 rings (SSSR count). The molecule has 7 nitrogen and oxygen atoms in total. The van der Waals surface area contributed by atoms with Crippen molar-refractivity contribution >= 4 is 23.6 Å². The molecule has 180 valence electrons. The number of nitrogens with two attached hydrogens (primary N) is 1. The third-order valence-electron chi connectivity index (χ3n) is 6.34. The smallest absolute Gasteiger partial charge is 0.383 e. The Morgan fingerprint density at radius 1 is 1.27 bits per heavy atom. The fourth-order valence-electron chi connectivity index (χ4n) is 4.35. The highest BCUT2D eigenvalue weighted by molar-refractivity contribution is 5.98. The molecule has 0 saturated heterocycles. The number of hydrogen-bond acceptors (Lipinski definition) is 5. The average molecular weight is 466 g/mol. The number of benzene rings is 1. The first-order valence-electron chi connectivity index (χ1n) is 10.9. The summed E-state index contributed by atoms with van der Waals surface area (Å²) in [5.74, 6) is -0.146. The van der Waals surface area contributed by atoms with E-state index in [-0.39, 0.29) is 23.3 Å². The minimum absolute atomic E-state index is 0.0585.